The van der Waals surface area contributed by atoms with Crippen LogP contribution in [0.5, 0.6) is 0 Å². The molecule has 0 atom stereocenters. The Kier molecular flexibility index (Phi) is 4.56. The summed E-state index contributed by atoms with van der Waals surface area (Å²) in [5, 5.41) is 0.879. The lowest BCUT2D eigenvalue weighted by Crippen LogP contribution is -2.29. The Bertz CT molecular complexity index is 282. The van der Waals surface area contributed by atoms with Crippen LogP contribution in [0.1, 0.15) is 19.3 Å². The van der Waals surface area contributed by atoms with Crippen LogP contribution in [0.2, 0.25) is 5.02 Å². The molecule has 1 heterocycles. The van der Waals surface area contributed by atoms with Crippen molar-refractivity contribution in [1.82, 2.24) is 0 Å². The number of hydrogen-bond acceptors (Lipinski definition) is 1. The van der Waals surface area contributed by atoms with Crippen LogP contribution in [-0.4, -0.2) is 13.1 Å². The zero-order chi connectivity index (χ0) is 9.10. The Labute approximate surface area is 96.5 Å². The highest BCUT2D eigenvalue weighted by Crippen LogP contribution is 2.27. The Morgan fingerprint density at radius 3 is 2.29 bits per heavy atom. The fraction of sp³-hybridized carbons (Fsp3) is 0.455. The van der Waals surface area contributed by atoms with Gasteiger partial charge in [-0.2, -0.15) is 0 Å². The highest BCUT2D eigenvalue weighted by molar-refractivity contribution is 6.33. The van der Waals surface area contributed by atoms with Gasteiger partial charge in [0, 0.05) is 13.1 Å². The van der Waals surface area contributed by atoms with E-state index in [4.69, 9.17) is 11.6 Å². The highest BCUT2D eigenvalue weighted by atomic mass is 35.5. The van der Waals surface area contributed by atoms with E-state index in [2.05, 4.69) is 17.0 Å². The van der Waals surface area contributed by atoms with Crippen molar-refractivity contribution < 1.29 is 0 Å². The number of benzene rings is 1. The first kappa shape index (κ1) is 11.7. The fourth-order valence-electron chi connectivity index (χ4n) is 1.84. The summed E-state index contributed by atoms with van der Waals surface area (Å²) in [7, 11) is 0. The number of nitrogens with zero attached hydrogens (tertiary/aromatic N) is 1. The summed E-state index contributed by atoms with van der Waals surface area (Å²) in [6, 6.07) is 8.10. The van der Waals surface area contributed by atoms with Gasteiger partial charge in [0.15, 0.2) is 0 Å². The maximum atomic E-state index is 6.12. The number of hydrogen-bond donors (Lipinski definition) is 0. The lowest BCUT2D eigenvalue weighted by molar-refractivity contribution is 0.578. The fourth-order valence-corrected chi connectivity index (χ4v) is 2.10. The molecular formula is C11H15Cl2N. The largest absolute Gasteiger partial charge is 0.370 e. The number of para-hydroxylation sites is 1. The van der Waals surface area contributed by atoms with Gasteiger partial charge in [-0.05, 0) is 31.4 Å². The minimum atomic E-state index is 0. The van der Waals surface area contributed by atoms with Crippen LogP contribution in [0.4, 0.5) is 5.69 Å². The molecule has 0 saturated carbocycles. The maximum Gasteiger partial charge on any atom is 0.0639 e. The molecule has 0 aromatic heterocycles. The van der Waals surface area contributed by atoms with E-state index in [-0.39, 0.29) is 12.4 Å². The molecule has 14 heavy (non-hydrogen) atoms. The molecule has 1 aromatic carbocycles. The average Bonchev–Trinajstić information content (AvgIpc) is 2.20. The van der Waals surface area contributed by atoms with Crippen LogP contribution in [0, 0.1) is 0 Å². The third-order valence-electron chi connectivity index (χ3n) is 2.55. The van der Waals surface area contributed by atoms with Crippen molar-refractivity contribution in [3.63, 3.8) is 0 Å². The molecule has 1 aromatic rings. The predicted molar refractivity (Wildman–Crippen MR) is 64.8 cm³/mol. The van der Waals surface area contributed by atoms with Crippen LogP contribution in [0.3, 0.4) is 0 Å². The molecule has 0 bridgehead atoms. The van der Waals surface area contributed by atoms with E-state index in [1.807, 2.05) is 12.1 Å². The summed E-state index contributed by atoms with van der Waals surface area (Å²) in [5.41, 5.74) is 1.20. The van der Waals surface area contributed by atoms with Crippen molar-refractivity contribution in [2.45, 2.75) is 19.3 Å². The van der Waals surface area contributed by atoms with E-state index >= 15 is 0 Å². The van der Waals surface area contributed by atoms with Gasteiger partial charge in [-0.25, -0.2) is 0 Å². The Morgan fingerprint density at radius 2 is 1.64 bits per heavy atom. The first-order valence-corrected chi connectivity index (χ1v) is 5.25. The maximum absolute atomic E-state index is 6.12. The van der Waals surface area contributed by atoms with E-state index in [0.29, 0.717) is 0 Å². The van der Waals surface area contributed by atoms with Gasteiger partial charge in [-0.1, -0.05) is 23.7 Å². The van der Waals surface area contributed by atoms with Gasteiger partial charge >= 0.3 is 0 Å². The zero-order valence-corrected chi connectivity index (χ0v) is 9.65. The van der Waals surface area contributed by atoms with Crippen LogP contribution in [0.15, 0.2) is 24.3 Å². The van der Waals surface area contributed by atoms with Crippen LogP contribution in [-0.2, 0) is 0 Å². The minimum absolute atomic E-state index is 0. The Morgan fingerprint density at radius 1 is 1.00 bits per heavy atom. The SMILES string of the molecule is Cl.Clc1ccccc1N1CCCCC1. The van der Waals surface area contributed by atoms with Crippen molar-refractivity contribution in [2.24, 2.45) is 0 Å². The molecule has 0 N–H and O–H groups in total. The van der Waals surface area contributed by atoms with Crippen molar-refractivity contribution in [1.29, 1.82) is 0 Å². The molecule has 0 spiro atoms. The van der Waals surface area contributed by atoms with E-state index < -0.39 is 0 Å². The molecule has 2 rings (SSSR count). The average molecular weight is 232 g/mol. The Hall–Kier alpha value is -0.400. The quantitative estimate of drug-likeness (QED) is 0.712. The standard InChI is InChI=1S/C11H14ClN.ClH/c12-10-6-2-3-7-11(10)13-8-4-1-5-9-13;/h2-3,6-7H,1,4-5,8-9H2;1H. The van der Waals surface area contributed by atoms with Gasteiger partial charge in [-0.15, -0.1) is 12.4 Å². The highest BCUT2D eigenvalue weighted by Gasteiger charge is 2.12. The zero-order valence-electron chi connectivity index (χ0n) is 8.08. The molecule has 1 saturated heterocycles. The second kappa shape index (κ2) is 5.47. The van der Waals surface area contributed by atoms with E-state index in [9.17, 15) is 0 Å². The smallest absolute Gasteiger partial charge is 0.0639 e. The molecule has 3 heteroatoms. The summed E-state index contributed by atoms with van der Waals surface area (Å²) in [6.07, 6.45) is 3.96. The summed E-state index contributed by atoms with van der Waals surface area (Å²) in [5.74, 6) is 0. The number of anilines is 1. The van der Waals surface area contributed by atoms with E-state index in [1.165, 1.54) is 24.9 Å². The third kappa shape index (κ3) is 2.55. The number of halogens is 2. The van der Waals surface area contributed by atoms with Crippen LogP contribution < -0.4 is 4.90 Å². The minimum Gasteiger partial charge on any atom is -0.370 e. The van der Waals surface area contributed by atoms with Crippen molar-refractivity contribution in [3.05, 3.63) is 29.3 Å². The summed E-state index contributed by atoms with van der Waals surface area (Å²) in [4.78, 5) is 2.38. The van der Waals surface area contributed by atoms with Gasteiger partial charge in [-0.3, -0.25) is 0 Å². The first-order chi connectivity index (χ1) is 6.38. The monoisotopic (exact) mass is 231 g/mol. The molecular weight excluding hydrogens is 217 g/mol. The summed E-state index contributed by atoms with van der Waals surface area (Å²) < 4.78 is 0. The molecule has 1 fully saturated rings. The van der Waals surface area contributed by atoms with Gasteiger partial charge in [0.2, 0.25) is 0 Å². The third-order valence-corrected chi connectivity index (χ3v) is 2.87. The lowest BCUT2D eigenvalue weighted by atomic mass is 10.1. The van der Waals surface area contributed by atoms with Crippen LogP contribution in [0.25, 0.3) is 0 Å². The predicted octanol–water partition coefficient (Wildman–Crippen LogP) is 3.75. The first-order valence-electron chi connectivity index (χ1n) is 4.87. The van der Waals surface area contributed by atoms with Crippen molar-refractivity contribution >= 4 is 29.7 Å². The molecule has 0 aliphatic carbocycles. The van der Waals surface area contributed by atoms with Gasteiger partial charge in [0.25, 0.3) is 0 Å². The second-order valence-electron chi connectivity index (χ2n) is 3.50. The van der Waals surface area contributed by atoms with Gasteiger partial charge in [0.1, 0.15) is 0 Å². The molecule has 78 valence electrons. The molecule has 0 amide bonds. The molecule has 1 aliphatic rings. The number of rotatable bonds is 1. The lowest BCUT2D eigenvalue weighted by Gasteiger charge is -2.29. The molecule has 0 unspecified atom stereocenters. The summed E-state index contributed by atoms with van der Waals surface area (Å²) in [6.45, 7) is 2.31. The van der Waals surface area contributed by atoms with Gasteiger partial charge in [0.05, 0.1) is 10.7 Å². The summed E-state index contributed by atoms with van der Waals surface area (Å²) >= 11 is 6.12. The van der Waals surface area contributed by atoms with Crippen molar-refractivity contribution in [3.8, 4) is 0 Å². The topological polar surface area (TPSA) is 3.24 Å². The number of piperidine rings is 1. The normalized spacial score (nSPS) is 16.2. The second-order valence-corrected chi connectivity index (χ2v) is 3.91. The molecule has 1 nitrogen and oxygen atoms in total. The van der Waals surface area contributed by atoms with E-state index in [1.54, 1.807) is 0 Å². The van der Waals surface area contributed by atoms with Gasteiger partial charge < -0.3 is 4.90 Å². The van der Waals surface area contributed by atoms with Crippen LogP contribution >= 0.6 is 24.0 Å². The molecule has 0 radical (unpaired) electrons. The van der Waals surface area contributed by atoms with Crippen molar-refractivity contribution in [2.75, 3.05) is 18.0 Å². The molecule has 1 aliphatic heterocycles. The van der Waals surface area contributed by atoms with E-state index in [0.717, 1.165) is 18.1 Å². The Balaban J connectivity index is 0.000000980.